The summed E-state index contributed by atoms with van der Waals surface area (Å²) in [6.45, 7) is 6.12. The highest BCUT2D eigenvalue weighted by Crippen LogP contribution is 2.37. The average Bonchev–Trinajstić information content (AvgIpc) is 2.52. The molecule has 0 bridgehead atoms. The zero-order valence-corrected chi connectivity index (χ0v) is 14.2. The second-order valence-corrected chi connectivity index (χ2v) is 6.60. The lowest BCUT2D eigenvalue weighted by Crippen LogP contribution is -2.39. The fourth-order valence-electron chi connectivity index (χ4n) is 3.47. The lowest BCUT2D eigenvalue weighted by Gasteiger charge is -2.34. The predicted octanol–water partition coefficient (Wildman–Crippen LogP) is 3.78. The Morgan fingerprint density at radius 1 is 1.64 bits per heavy atom. The van der Waals surface area contributed by atoms with Gasteiger partial charge in [-0.2, -0.15) is 0 Å². The van der Waals surface area contributed by atoms with E-state index in [1.807, 2.05) is 25.4 Å². The molecule has 1 aliphatic carbocycles. The Morgan fingerprint density at radius 3 is 3.09 bits per heavy atom. The number of rotatable bonds is 6. The molecule has 0 unspecified atom stereocenters. The third-order valence-electron chi connectivity index (χ3n) is 4.64. The summed E-state index contributed by atoms with van der Waals surface area (Å²) in [5.41, 5.74) is 2.57. The van der Waals surface area contributed by atoms with Crippen molar-refractivity contribution in [2.45, 2.75) is 44.6 Å². The highest BCUT2D eigenvalue weighted by Gasteiger charge is 2.29. The Bertz CT molecular complexity index is 532. The van der Waals surface area contributed by atoms with Crippen LogP contribution < -0.4 is 0 Å². The van der Waals surface area contributed by atoms with Crippen molar-refractivity contribution in [3.8, 4) is 0 Å². The topological polar surface area (TPSA) is 33.2 Å². The van der Waals surface area contributed by atoms with Crippen molar-refractivity contribution < 1.29 is 4.79 Å². The Hall–Kier alpha value is -1.35. The van der Waals surface area contributed by atoms with Gasteiger partial charge in [0, 0.05) is 25.0 Å². The maximum Gasteiger partial charge on any atom is 0.237 e. The molecule has 0 radical (unpaired) electrons. The van der Waals surface area contributed by atoms with E-state index in [2.05, 4.69) is 24.6 Å². The lowest BCUT2D eigenvalue weighted by atomic mass is 9.76. The molecule has 2 rings (SSSR count). The minimum atomic E-state index is -0.0243. The van der Waals surface area contributed by atoms with E-state index in [1.165, 1.54) is 11.3 Å². The van der Waals surface area contributed by atoms with Crippen molar-refractivity contribution in [1.29, 1.82) is 0 Å². The fraction of sp³-hybridized carbons (Fsp3) is 0.556. The van der Waals surface area contributed by atoms with Crippen molar-refractivity contribution in [1.82, 2.24) is 9.88 Å². The minimum absolute atomic E-state index is 0.0243. The van der Waals surface area contributed by atoms with Crippen molar-refractivity contribution >= 4 is 17.5 Å². The highest BCUT2D eigenvalue weighted by atomic mass is 35.5. The molecule has 4 heteroatoms. The molecular formula is C18H25ClN2O. The van der Waals surface area contributed by atoms with E-state index >= 15 is 0 Å². The summed E-state index contributed by atoms with van der Waals surface area (Å²) < 4.78 is 0. The quantitative estimate of drug-likeness (QED) is 0.590. The maximum atomic E-state index is 11.9. The number of pyridine rings is 1. The minimum Gasteiger partial charge on any atom is -0.341 e. The summed E-state index contributed by atoms with van der Waals surface area (Å²) in [5, 5.41) is 0. The van der Waals surface area contributed by atoms with Crippen molar-refractivity contribution in [3.63, 3.8) is 0 Å². The molecule has 3 atom stereocenters. The van der Waals surface area contributed by atoms with E-state index in [0.717, 1.165) is 25.7 Å². The molecule has 1 aromatic heterocycles. The van der Waals surface area contributed by atoms with Crippen LogP contribution in [-0.4, -0.2) is 34.8 Å². The van der Waals surface area contributed by atoms with Crippen molar-refractivity contribution in [2.24, 2.45) is 5.92 Å². The first-order valence-corrected chi connectivity index (χ1v) is 8.46. The molecule has 1 aromatic rings. The first kappa shape index (κ1) is 17.0. The molecule has 0 spiro atoms. The van der Waals surface area contributed by atoms with E-state index < -0.39 is 0 Å². The van der Waals surface area contributed by atoms with Gasteiger partial charge in [0.25, 0.3) is 0 Å². The molecule has 0 N–H and O–H groups in total. The molecular weight excluding hydrogens is 296 g/mol. The van der Waals surface area contributed by atoms with E-state index in [0.29, 0.717) is 11.8 Å². The number of halogens is 1. The number of nitrogens with zero attached hydrogens (tertiary/aromatic N) is 2. The normalized spacial score (nSPS) is 21.8. The lowest BCUT2D eigenvalue weighted by molar-refractivity contribution is -0.129. The number of hydrogen-bond donors (Lipinski definition) is 0. The smallest absolute Gasteiger partial charge is 0.237 e. The van der Waals surface area contributed by atoms with Crippen LogP contribution in [0.3, 0.4) is 0 Å². The molecule has 0 aliphatic heterocycles. The largest absolute Gasteiger partial charge is 0.341 e. The molecule has 0 saturated carbocycles. The summed E-state index contributed by atoms with van der Waals surface area (Å²) >= 11 is 5.71. The number of hydrogen-bond acceptors (Lipinski definition) is 2. The van der Waals surface area contributed by atoms with Crippen LogP contribution in [0, 0.1) is 5.92 Å². The first-order chi connectivity index (χ1) is 10.6. The van der Waals surface area contributed by atoms with Crippen LogP contribution in [0.4, 0.5) is 0 Å². The van der Waals surface area contributed by atoms with Gasteiger partial charge in [-0.15, -0.1) is 18.2 Å². The fourth-order valence-corrected chi connectivity index (χ4v) is 3.66. The van der Waals surface area contributed by atoms with Gasteiger partial charge < -0.3 is 4.90 Å². The molecule has 0 aromatic carbocycles. The number of carbonyl (C=O) groups excluding carboxylic acids is 1. The maximum absolute atomic E-state index is 11.9. The molecule has 120 valence electrons. The number of carbonyl (C=O) groups is 1. The first-order valence-electron chi connectivity index (χ1n) is 7.93. The third kappa shape index (κ3) is 3.89. The molecule has 1 aliphatic rings. The van der Waals surface area contributed by atoms with E-state index in [9.17, 15) is 4.79 Å². The van der Waals surface area contributed by atoms with Gasteiger partial charge >= 0.3 is 0 Å². The van der Waals surface area contributed by atoms with E-state index in [1.54, 1.807) is 4.90 Å². The molecule has 1 amide bonds. The Kier molecular flexibility index (Phi) is 6.01. The summed E-state index contributed by atoms with van der Waals surface area (Å²) in [4.78, 5) is 18.3. The second kappa shape index (κ2) is 7.77. The average molecular weight is 321 g/mol. The SMILES string of the molecule is C=CC[C@@H](C[C@H]1C[C@@H](C)Cc2ncccc21)N(C)C(=O)CCl. The molecule has 0 saturated heterocycles. The van der Waals surface area contributed by atoms with Gasteiger partial charge in [0.05, 0.1) is 0 Å². The van der Waals surface area contributed by atoms with Crippen LogP contribution in [0.5, 0.6) is 0 Å². The van der Waals surface area contributed by atoms with Crippen LogP contribution in [0.2, 0.25) is 0 Å². The van der Waals surface area contributed by atoms with Crippen molar-refractivity contribution in [3.05, 3.63) is 42.2 Å². The van der Waals surface area contributed by atoms with Crippen LogP contribution in [-0.2, 0) is 11.2 Å². The molecule has 0 fully saturated rings. The standard InChI is InChI=1S/C18H25ClN2O/c1-4-6-15(21(3)18(22)12-19)11-14-9-13(2)10-17-16(14)7-5-8-20-17/h4-5,7-8,13-15H,1,6,9-12H2,2-3H3/t13-,14-,15+/m1/s1. The molecule has 22 heavy (non-hydrogen) atoms. The highest BCUT2D eigenvalue weighted by molar-refractivity contribution is 6.27. The van der Waals surface area contributed by atoms with Crippen molar-refractivity contribution in [2.75, 3.05) is 12.9 Å². The summed E-state index contributed by atoms with van der Waals surface area (Å²) in [6, 6.07) is 4.35. The third-order valence-corrected chi connectivity index (χ3v) is 4.87. The van der Waals surface area contributed by atoms with Gasteiger partial charge in [-0.1, -0.05) is 19.1 Å². The number of alkyl halides is 1. The molecule has 3 nitrogen and oxygen atoms in total. The monoisotopic (exact) mass is 320 g/mol. The number of amides is 1. The van der Waals surface area contributed by atoms with Gasteiger partial charge in [-0.25, -0.2) is 0 Å². The Balaban J connectivity index is 2.19. The van der Waals surface area contributed by atoms with Crippen LogP contribution in [0.25, 0.3) is 0 Å². The molecule has 1 heterocycles. The van der Waals surface area contributed by atoms with Gasteiger partial charge in [-0.05, 0) is 49.1 Å². The summed E-state index contributed by atoms with van der Waals surface area (Å²) in [6.07, 6.45) is 7.69. The number of aromatic nitrogens is 1. The Morgan fingerprint density at radius 2 is 2.41 bits per heavy atom. The second-order valence-electron chi connectivity index (χ2n) is 6.33. The Labute approximate surface area is 138 Å². The van der Waals surface area contributed by atoms with E-state index in [-0.39, 0.29) is 17.8 Å². The van der Waals surface area contributed by atoms with E-state index in [4.69, 9.17) is 11.6 Å². The summed E-state index contributed by atoms with van der Waals surface area (Å²) in [5.74, 6) is 1.08. The zero-order valence-electron chi connectivity index (χ0n) is 13.5. The van der Waals surface area contributed by atoms with Gasteiger partial charge in [0.2, 0.25) is 5.91 Å². The van der Waals surface area contributed by atoms with Crippen LogP contribution in [0.15, 0.2) is 31.0 Å². The van der Waals surface area contributed by atoms with Gasteiger partial charge in [-0.3, -0.25) is 9.78 Å². The number of fused-ring (bicyclic) bond motifs is 1. The van der Waals surface area contributed by atoms with Crippen LogP contribution >= 0.6 is 11.6 Å². The predicted molar refractivity (Wildman–Crippen MR) is 91.2 cm³/mol. The summed E-state index contributed by atoms with van der Waals surface area (Å²) in [7, 11) is 1.84. The van der Waals surface area contributed by atoms with Crippen LogP contribution in [0.1, 0.15) is 43.4 Å². The zero-order chi connectivity index (χ0) is 16.1. The van der Waals surface area contributed by atoms with Gasteiger partial charge in [0.15, 0.2) is 0 Å². The van der Waals surface area contributed by atoms with Gasteiger partial charge in [0.1, 0.15) is 5.88 Å².